The number of carbonyl (C=O) groups excluding carboxylic acids is 6. The highest BCUT2D eigenvalue weighted by Gasteiger charge is 2.36. The summed E-state index contributed by atoms with van der Waals surface area (Å²) in [6, 6.07) is 0. The number of imide groups is 2. The molecule has 0 aromatic carbocycles. The van der Waals surface area contributed by atoms with Gasteiger partial charge in [0.15, 0.2) is 0 Å². The summed E-state index contributed by atoms with van der Waals surface area (Å²) in [6.45, 7) is 7.23. The predicted molar refractivity (Wildman–Crippen MR) is 174 cm³/mol. The number of likely N-dealkylation sites (tertiary alicyclic amines) is 2. The Balaban J connectivity index is 1.49. The van der Waals surface area contributed by atoms with Gasteiger partial charge in [-0.1, -0.05) is 40.0 Å². The summed E-state index contributed by atoms with van der Waals surface area (Å²) in [5, 5.41) is 2.53. The zero-order valence-electron chi connectivity index (χ0n) is 26.9. The van der Waals surface area contributed by atoms with Gasteiger partial charge in [-0.05, 0) is 61.4 Å². The number of thioether (sulfide) groups is 2. The molecular formula is C32H53N3O6S2. The quantitative estimate of drug-likeness (QED) is 0.138. The van der Waals surface area contributed by atoms with Crippen LogP contribution in [0.2, 0.25) is 0 Å². The number of carbonyl (C=O) groups is 6. The monoisotopic (exact) mass is 639 g/mol. The highest BCUT2D eigenvalue weighted by atomic mass is 32.2. The van der Waals surface area contributed by atoms with E-state index in [1.807, 2.05) is 0 Å². The fourth-order valence-corrected chi connectivity index (χ4v) is 7.80. The van der Waals surface area contributed by atoms with Gasteiger partial charge < -0.3 is 5.32 Å². The number of unbranched alkanes of at least 4 members (excludes halogenated alkanes) is 5. The Hall–Kier alpha value is -1.88. The van der Waals surface area contributed by atoms with Gasteiger partial charge in [0.05, 0.1) is 10.5 Å². The molecule has 2 rings (SSSR count). The van der Waals surface area contributed by atoms with Crippen molar-refractivity contribution in [3.8, 4) is 0 Å². The summed E-state index contributed by atoms with van der Waals surface area (Å²) >= 11 is 3.10. The van der Waals surface area contributed by atoms with E-state index in [1.165, 1.54) is 16.8 Å². The third kappa shape index (κ3) is 13.3. The first-order valence-electron chi connectivity index (χ1n) is 15.9. The zero-order chi connectivity index (χ0) is 32.0. The Labute approximate surface area is 266 Å². The molecule has 5 amide bonds. The van der Waals surface area contributed by atoms with Gasteiger partial charge in [-0.2, -0.15) is 0 Å². The van der Waals surface area contributed by atoms with E-state index in [9.17, 15) is 28.8 Å². The minimum Gasteiger partial charge on any atom is -0.356 e. The van der Waals surface area contributed by atoms with Crippen molar-refractivity contribution in [1.82, 2.24) is 15.1 Å². The number of rotatable bonds is 21. The van der Waals surface area contributed by atoms with Gasteiger partial charge in [0.1, 0.15) is 5.78 Å². The fraction of sp³-hybridized carbons (Fsp3) is 0.812. The molecular weight excluding hydrogens is 587 g/mol. The van der Waals surface area contributed by atoms with E-state index in [1.54, 1.807) is 30.6 Å². The maximum absolute atomic E-state index is 12.7. The van der Waals surface area contributed by atoms with Crippen LogP contribution in [0.4, 0.5) is 0 Å². The minimum atomic E-state index is -0.245. The lowest BCUT2D eigenvalue weighted by atomic mass is 9.75. The Morgan fingerprint density at radius 1 is 0.767 bits per heavy atom. The van der Waals surface area contributed by atoms with E-state index < -0.39 is 0 Å². The molecule has 11 heteroatoms. The van der Waals surface area contributed by atoms with E-state index >= 15 is 0 Å². The van der Waals surface area contributed by atoms with Crippen molar-refractivity contribution in [3.05, 3.63) is 0 Å². The lowest BCUT2D eigenvalue weighted by Crippen LogP contribution is -2.26. The molecule has 2 saturated heterocycles. The lowest BCUT2D eigenvalue weighted by Gasteiger charge is -2.30. The number of ketones is 1. The van der Waals surface area contributed by atoms with Crippen molar-refractivity contribution in [1.29, 1.82) is 0 Å². The first-order chi connectivity index (χ1) is 20.3. The minimum absolute atomic E-state index is 0.0444. The normalized spacial score (nSPS) is 19.9. The summed E-state index contributed by atoms with van der Waals surface area (Å²) in [5.41, 5.74) is 0.0444. The maximum atomic E-state index is 12.7. The van der Waals surface area contributed by atoms with Crippen LogP contribution in [0.25, 0.3) is 0 Å². The second kappa shape index (κ2) is 18.8. The van der Waals surface area contributed by atoms with Gasteiger partial charge in [-0.25, -0.2) is 0 Å². The van der Waals surface area contributed by atoms with E-state index in [2.05, 4.69) is 26.1 Å². The van der Waals surface area contributed by atoms with Crippen LogP contribution in [0.5, 0.6) is 0 Å². The molecule has 0 aromatic heterocycles. The van der Waals surface area contributed by atoms with Crippen molar-refractivity contribution in [2.45, 2.75) is 121 Å². The molecule has 9 nitrogen and oxygen atoms in total. The molecule has 2 aliphatic rings. The van der Waals surface area contributed by atoms with Gasteiger partial charge >= 0.3 is 0 Å². The summed E-state index contributed by atoms with van der Waals surface area (Å²) < 4.78 is 0. The van der Waals surface area contributed by atoms with Gasteiger partial charge in [0.25, 0.3) is 0 Å². The van der Waals surface area contributed by atoms with E-state index in [0.29, 0.717) is 50.4 Å². The number of nitrogens with zero attached hydrogens (tertiary/aromatic N) is 2. The van der Waals surface area contributed by atoms with Crippen LogP contribution in [0.3, 0.4) is 0 Å². The number of amides is 5. The standard InChI is InChI=1S/C32H53N3O6S2/c1-32(2,3)23(20-24(36)15-8-6-12-18-42-25-21-28(38)34(4)30(25)40)14-10-11-17-33-27(37)16-9-7-13-19-43-26-22-29(39)35(5)31(26)41/h23,25-26H,6-22H2,1-5H3,(H,33,37). The smallest absolute Gasteiger partial charge is 0.242 e. The Morgan fingerprint density at radius 2 is 1.28 bits per heavy atom. The van der Waals surface area contributed by atoms with Crippen molar-refractivity contribution in [2.24, 2.45) is 11.3 Å². The second-order valence-corrected chi connectivity index (χ2v) is 15.6. The molecule has 0 radical (unpaired) electrons. The van der Waals surface area contributed by atoms with E-state index in [-0.39, 0.29) is 45.5 Å². The van der Waals surface area contributed by atoms with Crippen LogP contribution in [-0.2, 0) is 28.8 Å². The molecule has 244 valence electrons. The van der Waals surface area contributed by atoms with Crippen LogP contribution in [-0.4, -0.2) is 87.8 Å². The lowest BCUT2D eigenvalue weighted by molar-refractivity contribution is -0.138. The molecule has 2 aliphatic heterocycles. The topological polar surface area (TPSA) is 121 Å². The van der Waals surface area contributed by atoms with Gasteiger partial charge in [-0.15, -0.1) is 23.5 Å². The van der Waals surface area contributed by atoms with Crippen molar-refractivity contribution in [3.63, 3.8) is 0 Å². The first kappa shape index (κ1) is 37.3. The highest BCUT2D eigenvalue weighted by molar-refractivity contribution is 8.00. The van der Waals surface area contributed by atoms with E-state index in [0.717, 1.165) is 69.3 Å². The maximum Gasteiger partial charge on any atom is 0.242 e. The van der Waals surface area contributed by atoms with Crippen LogP contribution in [0.15, 0.2) is 0 Å². The Kier molecular flexibility index (Phi) is 16.3. The molecule has 3 unspecified atom stereocenters. The van der Waals surface area contributed by atoms with E-state index in [4.69, 9.17) is 0 Å². The first-order valence-corrected chi connectivity index (χ1v) is 18.0. The number of nitrogens with one attached hydrogen (secondary N) is 1. The van der Waals surface area contributed by atoms with Crippen molar-refractivity contribution < 1.29 is 28.8 Å². The molecule has 0 aromatic rings. The Morgan fingerprint density at radius 3 is 1.74 bits per heavy atom. The van der Waals surface area contributed by atoms with Crippen LogP contribution >= 0.6 is 23.5 Å². The van der Waals surface area contributed by atoms with Crippen molar-refractivity contribution in [2.75, 3.05) is 32.1 Å². The molecule has 0 aliphatic carbocycles. The number of hydrogen-bond donors (Lipinski definition) is 1. The molecule has 1 N–H and O–H groups in total. The average molecular weight is 640 g/mol. The third-order valence-corrected chi connectivity index (χ3v) is 11.1. The summed E-state index contributed by atoms with van der Waals surface area (Å²) in [6.07, 6.45) is 10.5. The molecule has 0 saturated carbocycles. The molecule has 2 fully saturated rings. The summed E-state index contributed by atoms with van der Waals surface area (Å²) in [5.74, 6) is 1.95. The largest absolute Gasteiger partial charge is 0.356 e. The Bertz CT molecular complexity index is 983. The molecule has 0 spiro atoms. The fourth-order valence-electron chi connectivity index (χ4n) is 5.37. The number of hydrogen-bond acceptors (Lipinski definition) is 8. The average Bonchev–Trinajstić information content (AvgIpc) is 3.34. The van der Waals surface area contributed by atoms with Gasteiger partial charge in [-0.3, -0.25) is 38.6 Å². The number of Topliss-reactive ketones (excluding diaryl/α,β-unsaturated/α-hetero) is 1. The van der Waals surface area contributed by atoms with Crippen LogP contribution < -0.4 is 5.32 Å². The molecule has 43 heavy (non-hydrogen) atoms. The highest BCUT2D eigenvalue weighted by Crippen LogP contribution is 2.34. The van der Waals surface area contributed by atoms with Crippen molar-refractivity contribution >= 4 is 58.8 Å². The summed E-state index contributed by atoms with van der Waals surface area (Å²) in [4.78, 5) is 74.5. The SMILES string of the molecule is CN1C(=O)CC(SCCCCCC(=O)CC(CCCCNC(=O)CCCCCSC2CC(=O)N(C)C2=O)C(C)(C)C)C1=O. The third-order valence-electron chi connectivity index (χ3n) is 8.47. The molecule has 3 atom stereocenters. The second-order valence-electron chi connectivity index (χ2n) is 13.0. The van der Waals surface area contributed by atoms with Gasteiger partial charge in [0.2, 0.25) is 29.5 Å². The predicted octanol–water partition coefficient (Wildman–Crippen LogP) is 5.00. The molecule has 0 bridgehead atoms. The van der Waals surface area contributed by atoms with Gasteiger partial charge in [0, 0.05) is 52.7 Å². The van der Waals surface area contributed by atoms with Crippen LogP contribution in [0.1, 0.15) is 111 Å². The van der Waals surface area contributed by atoms with Crippen LogP contribution in [0, 0.1) is 11.3 Å². The molecule has 2 heterocycles. The zero-order valence-corrected chi connectivity index (χ0v) is 28.5. The summed E-state index contributed by atoms with van der Waals surface area (Å²) in [7, 11) is 3.08.